The van der Waals surface area contributed by atoms with E-state index in [2.05, 4.69) is 31.0 Å². The summed E-state index contributed by atoms with van der Waals surface area (Å²) in [5.74, 6) is 0.789. The molecule has 0 spiro atoms. The van der Waals surface area contributed by atoms with Crippen molar-refractivity contribution in [1.29, 1.82) is 0 Å². The summed E-state index contributed by atoms with van der Waals surface area (Å²) in [7, 11) is -3.85. The van der Waals surface area contributed by atoms with Gasteiger partial charge in [-0.15, -0.1) is 10.2 Å². The lowest BCUT2D eigenvalue weighted by molar-refractivity contribution is 0.595. The first-order chi connectivity index (χ1) is 13.9. The van der Waals surface area contributed by atoms with E-state index in [1.165, 1.54) is 4.68 Å². The Hall–Kier alpha value is -2.97. The second-order valence-corrected chi connectivity index (χ2v) is 9.04. The minimum absolute atomic E-state index is 0.163. The van der Waals surface area contributed by atoms with E-state index in [1.54, 1.807) is 24.3 Å². The maximum absolute atomic E-state index is 13.0. The number of hydrogen-bond donors (Lipinski definition) is 1. The normalized spacial score (nSPS) is 11.4. The summed E-state index contributed by atoms with van der Waals surface area (Å²) in [5.41, 5.74) is 2.45. The molecule has 0 aliphatic carbocycles. The molecule has 0 aliphatic heterocycles. The average molecular weight is 469 g/mol. The Bertz CT molecular complexity index is 1250. The third kappa shape index (κ3) is 4.08. The molecule has 29 heavy (non-hydrogen) atoms. The number of aromatic nitrogens is 3. The van der Waals surface area contributed by atoms with Crippen LogP contribution < -0.4 is 4.83 Å². The van der Waals surface area contributed by atoms with Gasteiger partial charge in [0.1, 0.15) is 0 Å². The first-order valence-corrected chi connectivity index (χ1v) is 11.1. The van der Waals surface area contributed by atoms with Crippen LogP contribution in [0, 0.1) is 6.92 Å². The first-order valence-electron chi connectivity index (χ1n) is 8.80. The van der Waals surface area contributed by atoms with Crippen molar-refractivity contribution in [3.63, 3.8) is 0 Å². The summed E-state index contributed by atoms with van der Waals surface area (Å²) in [4.78, 5) is 2.80. The number of sulfonamides is 1. The summed E-state index contributed by atoms with van der Waals surface area (Å²) >= 11 is 3.44. The van der Waals surface area contributed by atoms with Gasteiger partial charge in [0.05, 0.1) is 4.90 Å². The van der Waals surface area contributed by atoms with Crippen LogP contribution in [0.25, 0.3) is 22.8 Å². The molecule has 1 heterocycles. The second kappa shape index (κ2) is 7.81. The molecule has 1 N–H and O–H groups in total. The highest BCUT2D eigenvalue weighted by Gasteiger charge is 2.22. The van der Waals surface area contributed by atoms with Crippen molar-refractivity contribution in [3.05, 3.63) is 88.9 Å². The maximum atomic E-state index is 13.0. The summed E-state index contributed by atoms with van der Waals surface area (Å²) in [6.07, 6.45) is 0. The Morgan fingerprint density at radius 1 is 0.828 bits per heavy atom. The molecule has 4 rings (SSSR count). The number of rotatable bonds is 5. The smallest absolute Gasteiger partial charge is 0.213 e. The van der Waals surface area contributed by atoms with E-state index in [0.717, 1.165) is 21.2 Å². The fourth-order valence-electron chi connectivity index (χ4n) is 2.85. The fraction of sp³-hybridized carbons (Fsp3) is 0.0476. The van der Waals surface area contributed by atoms with E-state index in [1.807, 2.05) is 61.5 Å². The van der Waals surface area contributed by atoms with Crippen LogP contribution in [0.4, 0.5) is 0 Å². The lowest BCUT2D eigenvalue weighted by Gasteiger charge is -2.14. The Kier molecular flexibility index (Phi) is 5.21. The number of benzene rings is 3. The molecule has 4 aromatic rings. The summed E-state index contributed by atoms with van der Waals surface area (Å²) in [6, 6.07) is 23.4. The van der Waals surface area contributed by atoms with Gasteiger partial charge in [-0.1, -0.05) is 76.1 Å². The van der Waals surface area contributed by atoms with Crippen LogP contribution in [0.5, 0.6) is 0 Å². The monoisotopic (exact) mass is 468 g/mol. The molecule has 0 aliphatic rings. The van der Waals surface area contributed by atoms with Gasteiger partial charge in [-0.3, -0.25) is 0 Å². The van der Waals surface area contributed by atoms with Crippen molar-refractivity contribution in [2.75, 3.05) is 4.83 Å². The standard InChI is InChI=1S/C21H17BrN4O2S/c1-15-10-12-19(13-11-15)29(27,28)25-26-20(16-6-3-2-4-7-16)23-24-21(26)17-8-5-9-18(22)14-17/h2-14,25H,1H3. The van der Waals surface area contributed by atoms with Gasteiger partial charge in [0.25, 0.3) is 10.0 Å². The van der Waals surface area contributed by atoms with E-state index in [4.69, 9.17) is 0 Å². The van der Waals surface area contributed by atoms with Gasteiger partial charge in [0.15, 0.2) is 11.6 Å². The Morgan fingerprint density at radius 3 is 2.10 bits per heavy atom. The van der Waals surface area contributed by atoms with Crippen molar-refractivity contribution in [2.45, 2.75) is 11.8 Å². The van der Waals surface area contributed by atoms with E-state index < -0.39 is 10.0 Å². The summed E-state index contributed by atoms with van der Waals surface area (Å²) in [5, 5.41) is 8.52. The molecule has 3 aromatic carbocycles. The minimum atomic E-state index is -3.85. The number of aryl methyl sites for hydroxylation is 1. The Balaban J connectivity index is 1.85. The molecule has 0 saturated heterocycles. The highest BCUT2D eigenvalue weighted by molar-refractivity contribution is 9.10. The summed E-state index contributed by atoms with van der Waals surface area (Å²) < 4.78 is 28.4. The number of nitrogens with zero attached hydrogens (tertiary/aromatic N) is 3. The third-order valence-electron chi connectivity index (χ3n) is 4.32. The third-order valence-corrected chi connectivity index (χ3v) is 6.13. The van der Waals surface area contributed by atoms with Crippen LogP contribution in [0.15, 0.2) is 88.2 Å². The van der Waals surface area contributed by atoms with Crippen LogP contribution >= 0.6 is 15.9 Å². The zero-order valence-electron chi connectivity index (χ0n) is 15.4. The van der Waals surface area contributed by atoms with Crippen LogP contribution in [0.2, 0.25) is 0 Å². The molecule has 0 unspecified atom stereocenters. The van der Waals surface area contributed by atoms with Crippen molar-refractivity contribution in [1.82, 2.24) is 14.9 Å². The van der Waals surface area contributed by atoms with Gasteiger partial charge in [0.2, 0.25) is 0 Å². The molecule has 0 saturated carbocycles. The van der Waals surface area contributed by atoms with Crippen molar-refractivity contribution < 1.29 is 8.42 Å². The molecular weight excluding hydrogens is 452 g/mol. The Labute approximate surface area is 177 Å². The predicted molar refractivity (Wildman–Crippen MR) is 116 cm³/mol. The number of halogens is 1. The van der Waals surface area contributed by atoms with E-state index >= 15 is 0 Å². The molecule has 8 heteroatoms. The molecule has 1 aromatic heterocycles. The molecule has 0 radical (unpaired) electrons. The summed E-state index contributed by atoms with van der Waals surface area (Å²) in [6.45, 7) is 1.91. The van der Waals surface area contributed by atoms with Crippen molar-refractivity contribution in [2.24, 2.45) is 0 Å². The molecule has 0 atom stereocenters. The molecule has 0 bridgehead atoms. The van der Waals surface area contributed by atoms with Gasteiger partial charge < -0.3 is 0 Å². The van der Waals surface area contributed by atoms with Gasteiger partial charge in [0, 0.05) is 15.6 Å². The largest absolute Gasteiger partial charge is 0.275 e. The zero-order valence-corrected chi connectivity index (χ0v) is 17.9. The zero-order chi connectivity index (χ0) is 20.4. The lowest BCUT2D eigenvalue weighted by atomic mass is 10.2. The highest BCUT2D eigenvalue weighted by Crippen LogP contribution is 2.26. The van der Waals surface area contributed by atoms with Crippen molar-refractivity contribution in [3.8, 4) is 22.8 Å². The van der Waals surface area contributed by atoms with E-state index in [9.17, 15) is 8.42 Å². The second-order valence-electron chi connectivity index (χ2n) is 6.47. The highest BCUT2D eigenvalue weighted by atomic mass is 79.9. The van der Waals surface area contributed by atoms with Crippen LogP contribution in [-0.2, 0) is 10.0 Å². The predicted octanol–water partition coefficient (Wildman–Crippen LogP) is 4.62. The minimum Gasteiger partial charge on any atom is -0.213 e. The van der Waals surface area contributed by atoms with Crippen LogP contribution in [0.1, 0.15) is 5.56 Å². The maximum Gasteiger partial charge on any atom is 0.275 e. The molecule has 0 amide bonds. The molecule has 0 fully saturated rings. The molecule has 146 valence electrons. The first kappa shape index (κ1) is 19.4. The quantitative estimate of drug-likeness (QED) is 0.463. The lowest BCUT2D eigenvalue weighted by Crippen LogP contribution is -2.25. The van der Waals surface area contributed by atoms with Crippen molar-refractivity contribution >= 4 is 26.0 Å². The van der Waals surface area contributed by atoms with Gasteiger partial charge in [-0.05, 0) is 31.2 Å². The number of hydrogen-bond acceptors (Lipinski definition) is 4. The Morgan fingerprint density at radius 2 is 1.45 bits per heavy atom. The average Bonchev–Trinajstić information content (AvgIpc) is 3.12. The SMILES string of the molecule is Cc1ccc(S(=O)(=O)Nn2c(-c3ccccc3)nnc2-c2cccc(Br)c2)cc1. The fourth-order valence-corrected chi connectivity index (χ4v) is 4.26. The van der Waals surface area contributed by atoms with E-state index in [-0.39, 0.29) is 4.90 Å². The van der Waals surface area contributed by atoms with Crippen LogP contribution in [0.3, 0.4) is 0 Å². The number of nitrogens with one attached hydrogen (secondary N) is 1. The molecular formula is C21H17BrN4O2S. The van der Waals surface area contributed by atoms with Crippen LogP contribution in [-0.4, -0.2) is 23.3 Å². The van der Waals surface area contributed by atoms with E-state index in [0.29, 0.717) is 11.6 Å². The van der Waals surface area contributed by atoms with Gasteiger partial charge >= 0.3 is 0 Å². The molecule has 6 nitrogen and oxygen atoms in total. The topological polar surface area (TPSA) is 76.9 Å². The van der Waals surface area contributed by atoms with Gasteiger partial charge in [-0.2, -0.15) is 8.42 Å². The van der Waals surface area contributed by atoms with Gasteiger partial charge in [-0.25, -0.2) is 9.51 Å².